The first-order chi connectivity index (χ1) is 15.9. The molecule has 174 valence electrons. The van der Waals surface area contributed by atoms with Crippen molar-refractivity contribution in [2.45, 2.75) is 49.5 Å². The van der Waals surface area contributed by atoms with Gasteiger partial charge in [-0.3, -0.25) is 4.79 Å². The van der Waals surface area contributed by atoms with Crippen molar-refractivity contribution in [2.24, 2.45) is 0 Å². The molecule has 1 aliphatic heterocycles. The van der Waals surface area contributed by atoms with Crippen molar-refractivity contribution < 1.29 is 13.2 Å². The Morgan fingerprint density at radius 2 is 1.79 bits per heavy atom. The number of aromatic nitrogens is 1. The Bertz CT molecular complexity index is 1250. The van der Waals surface area contributed by atoms with Gasteiger partial charge in [0.25, 0.3) is 0 Å². The third kappa shape index (κ3) is 5.57. The summed E-state index contributed by atoms with van der Waals surface area (Å²) in [6.45, 7) is 5.20. The van der Waals surface area contributed by atoms with Crippen LogP contribution in [0.3, 0.4) is 0 Å². The van der Waals surface area contributed by atoms with E-state index < -0.39 is 10.0 Å². The summed E-state index contributed by atoms with van der Waals surface area (Å²) in [5, 5.41) is 4.47. The predicted octanol–water partition coefficient (Wildman–Crippen LogP) is 5.01. The van der Waals surface area contributed by atoms with E-state index in [-0.39, 0.29) is 11.7 Å². The third-order valence-electron chi connectivity index (χ3n) is 5.91. The van der Waals surface area contributed by atoms with Crippen molar-refractivity contribution in [1.29, 1.82) is 0 Å². The lowest BCUT2D eigenvalue weighted by atomic mass is 10.1. The zero-order valence-corrected chi connectivity index (χ0v) is 20.6. The van der Waals surface area contributed by atoms with E-state index in [0.29, 0.717) is 18.0 Å². The van der Waals surface area contributed by atoms with Gasteiger partial charge < -0.3 is 5.32 Å². The lowest BCUT2D eigenvalue weighted by Gasteiger charge is -2.26. The van der Waals surface area contributed by atoms with E-state index >= 15 is 0 Å². The second kappa shape index (κ2) is 10.2. The number of sulfonamides is 1. The third-order valence-corrected chi connectivity index (χ3v) is 8.72. The number of amides is 1. The van der Waals surface area contributed by atoms with Crippen LogP contribution in [0.15, 0.2) is 58.5 Å². The number of piperidine rings is 1. The highest BCUT2D eigenvalue weighted by atomic mass is 32.2. The fraction of sp³-hybridized carbons (Fsp3) is 0.360. The number of carbonyl (C=O) groups is 1. The van der Waals surface area contributed by atoms with Crippen molar-refractivity contribution in [2.75, 3.05) is 24.2 Å². The zero-order valence-electron chi connectivity index (χ0n) is 19.0. The predicted molar refractivity (Wildman–Crippen MR) is 134 cm³/mol. The van der Waals surface area contributed by atoms with E-state index in [1.165, 1.54) is 17.3 Å². The lowest BCUT2D eigenvalue weighted by molar-refractivity contribution is -0.113. The van der Waals surface area contributed by atoms with Crippen LogP contribution in [-0.4, -0.2) is 42.5 Å². The Hall–Kier alpha value is -2.42. The molecule has 0 radical (unpaired) electrons. The van der Waals surface area contributed by atoms with Gasteiger partial charge >= 0.3 is 0 Å². The van der Waals surface area contributed by atoms with Gasteiger partial charge in [0, 0.05) is 24.2 Å². The molecule has 1 amide bonds. The molecule has 2 heterocycles. The number of carbonyl (C=O) groups excluding carboxylic acids is 1. The molecule has 3 aromatic rings. The molecule has 1 aliphatic rings. The maximum absolute atomic E-state index is 13.0. The lowest BCUT2D eigenvalue weighted by Crippen LogP contribution is -2.35. The molecule has 0 saturated carbocycles. The molecule has 1 N–H and O–H groups in total. The van der Waals surface area contributed by atoms with E-state index in [1.54, 1.807) is 22.5 Å². The van der Waals surface area contributed by atoms with Gasteiger partial charge in [-0.15, -0.1) is 0 Å². The fourth-order valence-corrected chi connectivity index (χ4v) is 6.31. The van der Waals surface area contributed by atoms with Crippen molar-refractivity contribution in [3.63, 3.8) is 0 Å². The van der Waals surface area contributed by atoms with Crippen LogP contribution in [0.5, 0.6) is 0 Å². The summed E-state index contributed by atoms with van der Waals surface area (Å²) in [5.41, 5.74) is 3.67. The van der Waals surface area contributed by atoms with Gasteiger partial charge in [0.05, 0.1) is 21.2 Å². The van der Waals surface area contributed by atoms with Gasteiger partial charge in [-0.05, 0) is 73.7 Å². The maximum Gasteiger partial charge on any atom is 0.243 e. The van der Waals surface area contributed by atoms with Crippen molar-refractivity contribution in [1.82, 2.24) is 9.29 Å². The van der Waals surface area contributed by atoms with Gasteiger partial charge in [0.15, 0.2) is 0 Å². The Morgan fingerprint density at radius 1 is 1.06 bits per heavy atom. The first kappa shape index (κ1) is 23.7. The second-order valence-electron chi connectivity index (χ2n) is 8.31. The smallest absolute Gasteiger partial charge is 0.243 e. The minimum absolute atomic E-state index is 0.0910. The number of rotatable bonds is 7. The first-order valence-electron chi connectivity index (χ1n) is 11.3. The average Bonchev–Trinajstić information content (AvgIpc) is 2.83. The number of fused-ring (bicyclic) bond motifs is 1. The fourth-order valence-electron chi connectivity index (χ4n) is 3.99. The number of hydrogen-bond acceptors (Lipinski definition) is 5. The summed E-state index contributed by atoms with van der Waals surface area (Å²) >= 11 is 1.37. The molecule has 1 fully saturated rings. The summed E-state index contributed by atoms with van der Waals surface area (Å²) in [4.78, 5) is 17.3. The average molecular weight is 484 g/mol. The van der Waals surface area contributed by atoms with Crippen LogP contribution in [0.4, 0.5) is 5.69 Å². The van der Waals surface area contributed by atoms with Gasteiger partial charge in [-0.1, -0.05) is 37.2 Å². The molecule has 0 unspecified atom stereocenters. The summed E-state index contributed by atoms with van der Waals surface area (Å²) in [6.07, 6.45) is 3.86. The van der Waals surface area contributed by atoms with Crippen LogP contribution in [0, 0.1) is 6.92 Å². The number of nitrogens with zero attached hydrogens (tertiary/aromatic N) is 2. The minimum Gasteiger partial charge on any atom is -0.325 e. The van der Waals surface area contributed by atoms with Crippen LogP contribution in [-0.2, 0) is 21.2 Å². The Morgan fingerprint density at radius 3 is 2.48 bits per heavy atom. The molecular weight excluding hydrogens is 454 g/mol. The number of thioether (sulfide) groups is 1. The van der Waals surface area contributed by atoms with Crippen LogP contribution in [0.1, 0.15) is 37.3 Å². The van der Waals surface area contributed by atoms with Crippen LogP contribution < -0.4 is 5.32 Å². The Kier molecular flexibility index (Phi) is 7.36. The summed E-state index contributed by atoms with van der Waals surface area (Å²) in [7, 11) is -3.49. The standard InChI is InChI=1S/C25H29N3O3S2/c1-3-19-7-9-20(10-8-19)26-24(29)17-32-25-15-18(2)22-16-21(11-12-23(22)27-25)33(30,31)28-13-5-4-6-14-28/h7-12,15-16H,3-6,13-14,17H2,1-2H3,(H,26,29). The first-order valence-corrected chi connectivity index (χ1v) is 13.7. The molecule has 33 heavy (non-hydrogen) atoms. The molecule has 0 atom stereocenters. The molecular formula is C25H29N3O3S2. The number of pyridine rings is 1. The Labute approximate surface area is 199 Å². The van der Waals surface area contributed by atoms with Crippen molar-refractivity contribution >= 4 is 44.3 Å². The van der Waals surface area contributed by atoms with Gasteiger partial charge in [0.2, 0.25) is 15.9 Å². The van der Waals surface area contributed by atoms with Crippen molar-refractivity contribution in [3.05, 3.63) is 59.7 Å². The van der Waals surface area contributed by atoms with E-state index in [9.17, 15) is 13.2 Å². The molecule has 1 aromatic heterocycles. The molecule has 0 bridgehead atoms. The monoisotopic (exact) mass is 483 g/mol. The molecule has 0 aliphatic carbocycles. The number of nitrogens with one attached hydrogen (secondary N) is 1. The molecule has 8 heteroatoms. The highest BCUT2D eigenvalue weighted by Gasteiger charge is 2.26. The number of benzene rings is 2. The zero-order chi connectivity index (χ0) is 23.4. The summed E-state index contributed by atoms with van der Waals surface area (Å²) in [5.74, 6) is 0.154. The van der Waals surface area contributed by atoms with Gasteiger partial charge in [0.1, 0.15) is 0 Å². The minimum atomic E-state index is -3.49. The highest BCUT2D eigenvalue weighted by Crippen LogP contribution is 2.28. The van der Waals surface area contributed by atoms with E-state index in [2.05, 4.69) is 17.2 Å². The SMILES string of the molecule is CCc1ccc(NC(=O)CSc2cc(C)c3cc(S(=O)(=O)N4CCCCC4)ccc3n2)cc1. The molecule has 1 saturated heterocycles. The number of aryl methyl sites for hydroxylation is 2. The highest BCUT2D eigenvalue weighted by molar-refractivity contribution is 7.99. The van der Waals surface area contributed by atoms with Crippen molar-refractivity contribution in [3.8, 4) is 0 Å². The van der Waals surface area contributed by atoms with E-state index in [1.807, 2.05) is 37.3 Å². The van der Waals surface area contributed by atoms with Crippen LogP contribution >= 0.6 is 11.8 Å². The van der Waals surface area contributed by atoms with Crippen LogP contribution in [0.25, 0.3) is 10.9 Å². The quantitative estimate of drug-likeness (QED) is 0.478. The molecule has 6 nitrogen and oxygen atoms in total. The number of hydrogen-bond donors (Lipinski definition) is 1. The topological polar surface area (TPSA) is 79.4 Å². The number of anilines is 1. The Balaban J connectivity index is 1.46. The van der Waals surface area contributed by atoms with Gasteiger partial charge in [-0.2, -0.15) is 4.31 Å². The van der Waals surface area contributed by atoms with Crippen LogP contribution in [0.2, 0.25) is 0 Å². The second-order valence-corrected chi connectivity index (χ2v) is 11.2. The normalized spacial score (nSPS) is 15.0. The molecule has 2 aromatic carbocycles. The van der Waals surface area contributed by atoms with E-state index in [0.717, 1.165) is 52.9 Å². The van der Waals surface area contributed by atoms with E-state index in [4.69, 9.17) is 0 Å². The largest absolute Gasteiger partial charge is 0.325 e. The summed E-state index contributed by atoms with van der Waals surface area (Å²) in [6, 6.07) is 14.9. The maximum atomic E-state index is 13.0. The van der Waals surface area contributed by atoms with Gasteiger partial charge in [-0.25, -0.2) is 13.4 Å². The summed E-state index contributed by atoms with van der Waals surface area (Å²) < 4.78 is 27.6. The molecule has 0 spiro atoms. The molecule has 4 rings (SSSR count).